The molecule has 2 heteroatoms. The van der Waals surface area contributed by atoms with Gasteiger partial charge in [0.1, 0.15) is 0 Å². The van der Waals surface area contributed by atoms with E-state index in [-0.39, 0.29) is 6.10 Å². The van der Waals surface area contributed by atoms with Gasteiger partial charge < -0.3 is 5.11 Å². The molecule has 1 aliphatic carbocycles. The molecule has 0 aromatic heterocycles. The zero-order valence-corrected chi connectivity index (χ0v) is 9.48. The number of hydrogen-bond donors (Lipinski definition) is 1. The molecule has 1 unspecified atom stereocenters. The Balaban J connectivity index is 2.22. The first kappa shape index (κ1) is 11.4. The summed E-state index contributed by atoms with van der Waals surface area (Å²) in [5, 5.41) is 9.91. The van der Waals surface area contributed by atoms with Gasteiger partial charge in [-0.2, -0.15) is 11.8 Å². The summed E-state index contributed by atoms with van der Waals surface area (Å²) in [7, 11) is 0. The summed E-state index contributed by atoms with van der Waals surface area (Å²) in [4.78, 5) is 0. The maximum atomic E-state index is 9.91. The van der Waals surface area contributed by atoms with E-state index in [1.54, 1.807) is 0 Å². The van der Waals surface area contributed by atoms with Gasteiger partial charge in [-0.3, -0.25) is 0 Å². The van der Waals surface area contributed by atoms with Crippen LogP contribution in [0.15, 0.2) is 0 Å². The van der Waals surface area contributed by atoms with E-state index in [9.17, 15) is 5.11 Å². The van der Waals surface area contributed by atoms with Gasteiger partial charge in [0.15, 0.2) is 0 Å². The van der Waals surface area contributed by atoms with E-state index >= 15 is 0 Å². The van der Waals surface area contributed by atoms with Gasteiger partial charge in [-0.1, -0.05) is 32.6 Å². The minimum atomic E-state index is -0.0388. The number of hydrogen-bond acceptors (Lipinski definition) is 2. The molecule has 1 rings (SSSR count). The lowest BCUT2D eigenvalue weighted by Crippen LogP contribution is -2.22. The lowest BCUT2D eigenvalue weighted by atomic mass is 9.95. The van der Waals surface area contributed by atoms with E-state index in [4.69, 9.17) is 0 Å². The van der Waals surface area contributed by atoms with E-state index in [0.29, 0.717) is 5.92 Å². The fourth-order valence-corrected chi connectivity index (χ4v) is 2.82. The van der Waals surface area contributed by atoms with Crippen LogP contribution in [0.3, 0.4) is 0 Å². The summed E-state index contributed by atoms with van der Waals surface area (Å²) in [5.74, 6) is 2.67. The number of aliphatic hydroxyl groups excluding tert-OH is 1. The normalized spacial score (nSPS) is 22.6. The third-order valence-electron chi connectivity index (χ3n) is 2.94. The fraction of sp³-hybridized carbons (Fsp3) is 1.00. The molecule has 0 bridgehead atoms. The molecule has 0 aromatic rings. The van der Waals surface area contributed by atoms with Gasteiger partial charge in [0.2, 0.25) is 0 Å². The van der Waals surface area contributed by atoms with Crippen LogP contribution in [0.2, 0.25) is 0 Å². The Hall–Kier alpha value is 0.310. The lowest BCUT2D eigenvalue weighted by molar-refractivity contribution is 0.120. The van der Waals surface area contributed by atoms with Crippen molar-refractivity contribution >= 4 is 11.8 Å². The first-order valence-electron chi connectivity index (χ1n) is 5.60. The van der Waals surface area contributed by atoms with Crippen molar-refractivity contribution in [2.75, 3.05) is 11.5 Å². The largest absolute Gasteiger partial charge is 0.392 e. The van der Waals surface area contributed by atoms with Crippen LogP contribution in [-0.4, -0.2) is 22.7 Å². The monoisotopic (exact) mass is 202 g/mol. The fourth-order valence-electron chi connectivity index (χ4n) is 2.07. The third kappa shape index (κ3) is 4.37. The van der Waals surface area contributed by atoms with Gasteiger partial charge in [-0.25, -0.2) is 0 Å². The van der Waals surface area contributed by atoms with Crippen LogP contribution in [0.4, 0.5) is 0 Å². The van der Waals surface area contributed by atoms with E-state index in [1.807, 2.05) is 11.8 Å². The van der Waals surface area contributed by atoms with Gasteiger partial charge in [-0.15, -0.1) is 0 Å². The van der Waals surface area contributed by atoms with Crippen molar-refractivity contribution in [1.29, 1.82) is 0 Å². The van der Waals surface area contributed by atoms with Gasteiger partial charge in [0.25, 0.3) is 0 Å². The van der Waals surface area contributed by atoms with Crippen LogP contribution in [-0.2, 0) is 0 Å². The van der Waals surface area contributed by atoms with Crippen LogP contribution in [0.25, 0.3) is 0 Å². The zero-order chi connectivity index (χ0) is 9.52. The molecule has 1 fully saturated rings. The van der Waals surface area contributed by atoms with Crippen LogP contribution in [0, 0.1) is 5.92 Å². The van der Waals surface area contributed by atoms with Gasteiger partial charge in [0.05, 0.1) is 6.10 Å². The van der Waals surface area contributed by atoms with Crippen molar-refractivity contribution in [1.82, 2.24) is 0 Å². The van der Waals surface area contributed by atoms with E-state index in [1.165, 1.54) is 38.5 Å². The highest BCUT2D eigenvalue weighted by Crippen LogP contribution is 2.26. The predicted octanol–water partition coefficient (Wildman–Crippen LogP) is 3.07. The highest BCUT2D eigenvalue weighted by Gasteiger charge is 2.19. The van der Waals surface area contributed by atoms with Crippen molar-refractivity contribution in [3.8, 4) is 0 Å². The van der Waals surface area contributed by atoms with Crippen LogP contribution < -0.4 is 0 Å². The molecule has 0 amide bonds. The second-order valence-electron chi connectivity index (χ2n) is 3.98. The topological polar surface area (TPSA) is 20.2 Å². The van der Waals surface area contributed by atoms with Crippen LogP contribution in [0.1, 0.15) is 45.4 Å². The van der Waals surface area contributed by atoms with Crippen molar-refractivity contribution < 1.29 is 5.11 Å². The highest BCUT2D eigenvalue weighted by molar-refractivity contribution is 7.99. The molecular formula is C11H22OS. The van der Waals surface area contributed by atoms with E-state index < -0.39 is 0 Å². The summed E-state index contributed by atoms with van der Waals surface area (Å²) >= 11 is 1.87. The molecule has 0 aliphatic heterocycles. The summed E-state index contributed by atoms with van der Waals surface area (Å²) in [5.41, 5.74) is 0. The van der Waals surface area contributed by atoms with Crippen molar-refractivity contribution in [2.45, 2.75) is 51.6 Å². The molecule has 1 saturated carbocycles. The quantitative estimate of drug-likeness (QED) is 0.707. The van der Waals surface area contributed by atoms with Gasteiger partial charge in [0, 0.05) is 5.75 Å². The molecule has 1 nitrogen and oxygen atoms in total. The summed E-state index contributed by atoms with van der Waals surface area (Å²) in [6, 6.07) is 0. The third-order valence-corrected chi connectivity index (χ3v) is 3.92. The Morgan fingerprint density at radius 3 is 2.38 bits per heavy atom. The Kier molecular flexibility index (Phi) is 5.88. The molecule has 1 N–H and O–H groups in total. The second kappa shape index (κ2) is 6.72. The maximum Gasteiger partial charge on any atom is 0.0658 e. The summed E-state index contributed by atoms with van der Waals surface area (Å²) in [6.07, 6.45) is 7.89. The average molecular weight is 202 g/mol. The molecule has 0 radical (unpaired) electrons. The predicted molar refractivity (Wildman–Crippen MR) is 60.2 cm³/mol. The lowest BCUT2D eigenvalue weighted by Gasteiger charge is -2.20. The SMILES string of the molecule is CCSCC(O)C1CCCCCC1. The molecule has 1 atom stereocenters. The Morgan fingerprint density at radius 2 is 1.85 bits per heavy atom. The van der Waals surface area contributed by atoms with E-state index in [2.05, 4.69) is 6.92 Å². The molecular weight excluding hydrogens is 180 g/mol. The Bertz CT molecular complexity index is 119. The first-order chi connectivity index (χ1) is 6.34. The number of aliphatic hydroxyl groups is 1. The molecule has 0 saturated heterocycles. The maximum absolute atomic E-state index is 9.91. The first-order valence-corrected chi connectivity index (χ1v) is 6.76. The second-order valence-corrected chi connectivity index (χ2v) is 5.30. The smallest absolute Gasteiger partial charge is 0.0658 e. The molecule has 0 heterocycles. The molecule has 78 valence electrons. The highest BCUT2D eigenvalue weighted by atomic mass is 32.2. The standard InChI is InChI=1S/C11H22OS/c1-2-13-9-11(12)10-7-5-3-4-6-8-10/h10-12H,2-9H2,1H3. The molecule has 0 aromatic carbocycles. The molecule has 1 aliphatic rings. The molecule has 13 heavy (non-hydrogen) atoms. The zero-order valence-electron chi connectivity index (χ0n) is 8.67. The van der Waals surface area contributed by atoms with Crippen molar-refractivity contribution in [2.24, 2.45) is 5.92 Å². The minimum absolute atomic E-state index is 0.0388. The molecule has 0 spiro atoms. The summed E-state index contributed by atoms with van der Waals surface area (Å²) < 4.78 is 0. The minimum Gasteiger partial charge on any atom is -0.392 e. The number of thioether (sulfide) groups is 1. The van der Waals surface area contributed by atoms with Crippen molar-refractivity contribution in [3.05, 3.63) is 0 Å². The van der Waals surface area contributed by atoms with Gasteiger partial charge >= 0.3 is 0 Å². The summed E-state index contributed by atoms with van der Waals surface area (Å²) in [6.45, 7) is 2.16. The Morgan fingerprint density at radius 1 is 1.23 bits per heavy atom. The van der Waals surface area contributed by atoms with Gasteiger partial charge in [-0.05, 0) is 24.5 Å². The van der Waals surface area contributed by atoms with Crippen LogP contribution in [0.5, 0.6) is 0 Å². The number of rotatable bonds is 4. The van der Waals surface area contributed by atoms with Crippen LogP contribution >= 0.6 is 11.8 Å². The Labute approximate surface area is 86.3 Å². The van der Waals surface area contributed by atoms with E-state index in [0.717, 1.165) is 11.5 Å². The average Bonchev–Trinajstić information content (AvgIpc) is 2.42. The van der Waals surface area contributed by atoms with Crippen molar-refractivity contribution in [3.63, 3.8) is 0 Å².